The molecule has 4 atom stereocenters. The molecule has 0 amide bonds. The fourth-order valence-electron chi connectivity index (χ4n) is 4.44. The number of nitrogens with zero attached hydrogens (tertiary/aromatic N) is 2. The topological polar surface area (TPSA) is 141 Å². The summed E-state index contributed by atoms with van der Waals surface area (Å²) in [5.41, 5.74) is 3.94. The van der Waals surface area contributed by atoms with E-state index < -0.39 is 62.0 Å². The summed E-state index contributed by atoms with van der Waals surface area (Å²) in [7, 11) is -9.20. The Morgan fingerprint density at radius 2 is 1.63 bits per heavy atom. The first-order valence-electron chi connectivity index (χ1n) is 13.7. The predicted octanol–water partition coefficient (Wildman–Crippen LogP) is 3.92. The van der Waals surface area contributed by atoms with Crippen LogP contribution < -0.4 is 17.0 Å². The summed E-state index contributed by atoms with van der Waals surface area (Å²) in [6.45, 7) is 22.3. The van der Waals surface area contributed by atoms with Gasteiger partial charge in [0.15, 0.2) is 28.5 Å². The Morgan fingerprint density at radius 3 is 2.10 bits per heavy atom. The first kappa shape index (κ1) is 34.4. The standard InChI is InChI=1S/C26H46BrN3O8SSi2/c1-17-14-30(23(32)29(13-12-27)21(17)31)22-20(37-41(10,11)25(5,6)7)26(18(28)16-39(33,34)38-26)19(36-22)15-35-40(8,9)24(2,3)4/h14,16,19-20,22H,12-13,15,28H2,1-11H3/t19?,20-,22+,26?/m0/s1. The molecule has 15 heteroatoms. The molecule has 2 aliphatic rings. The van der Waals surface area contributed by atoms with Crippen molar-refractivity contribution in [3.05, 3.63) is 43.7 Å². The Kier molecular flexibility index (Phi) is 9.34. The van der Waals surface area contributed by atoms with E-state index in [1.807, 2.05) is 33.9 Å². The normalized spacial score (nSPS) is 27.0. The molecule has 41 heavy (non-hydrogen) atoms. The average molecular weight is 697 g/mol. The van der Waals surface area contributed by atoms with Crippen LogP contribution in [-0.2, 0) is 34.4 Å². The van der Waals surface area contributed by atoms with Crippen LogP contribution in [0.5, 0.6) is 0 Å². The van der Waals surface area contributed by atoms with Gasteiger partial charge in [0.25, 0.3) is 15.7 Å². The summed E-state index contributed by atoms with van der Waals surface area (Å²) in [6, 6.07) is 0. The van der Waals surface area contributed by atoms with Crippen molar-refractivity contribution in [1.82, 2.24) is 9.13 Å². The molecule has 2 unspecified atom stereocenters. The zero-order valence-corrected chi connectivity index (χ0v) is 30.4. The van der Waals surface area contributed by atoms with E-state index in [1.165, 1.54) is 10.8 Å². The molecule has 0 saturated carbocycles. The molecule has 2 N–H and O–H groups in total. The molecule has 11 nitrogen and oxygen atoms in total. The molecule has 1 fully saturated rings. The van der Waals surface area contributed by atoms with Crippen molar-refractivity contribution < 1.29 is 26.2 Å². The van der Waals surface area contributed by atoms with Crippen LogP contribution in [0.1, 0.15) is 53.3 Å². The lowest BCUT2D eigenvalue weighted by Crippen LogP contribution is -2.59. The maximum absolute atomic E-state index is 13.7. The van der Waals surface area contributed by atoms with Crippen molar-refractivity contribution in [2.75, 3.05) is 11.9 Å². The van der Waals surface area contributed by atoms with Gasteiger partial charge in [0, 0.05) is 23.6 Å². The quantitative estimate of drug-likeness (QED) is 0.243. The third-order valence-electron chi connectivity index (χ3n) is 9.02. The molecule has 1 aromatic heterocycles. The maximum Gasteiger partial charge on any atom is 0.333 e. The second-order valence-corrected chi connectivity index (χ2v) is 25.7. The van der Waals surface area contributed by atoms with Crippen LogP contribution in [0.4, 0.5) is 0 Å². The van der Waals surface area contributed by atoms with Gasteiger partial charge in [0.2, 0.25) is 0 Å². The molecule has 3 rings (SSSR count). The summed E-state index contributed by atoms with van der Waals surface area (Å²) in [5.74, 6) is 0. The van der Waals surface area contributed by atoms with Crippen LogP contribution in [0.3, 0.4) is 0 Å². The summed E-state index contributed by atoms with van der Waals surface area (Å²) in [4.78, 5) is 26.6. The second kappa shape index (κ2) is 11.1. The molecule has 0 aliphatic carbocycles. The fourth-order valence-corrected chi connectivity index (χ4v) is 8.30. The van der Waals surface area contributed by atoms with Gasteiger partial charge in [-0.25, -0.2) is 8.98 Å². The largest absolute Gasteiger partial charge is 0.414 e. The molecule has 1 aromatic rings. The van der Waals surface area contributed by atoms with Gasteiger partial charge in [-0.15, -0.1) is 0 Å². The van der Waals surface area contributed by atoms with Gasteiger partial charge in [-0.1, -0.05) is 57.5 Å². The van der Waals surface area contributed by atoms with Crippen molar-refractivity contribution in [1.29, 1.82) is 0 Å². The van der Waals surface area contributed by atoms with Crippen LogP contribution in [0, 0.1) is 6.92 Å². The number of halogens is 1. The molecule has 234 valence electrons. The number of rotatable bonds is 8. The third kappa shape index (κ3) is 6.28. The van der Waals surface area contributed by atoms with Gasteiger partial charge in [0.1, 0.15) is 12.2 Å². The average Bonchev–Trinajstić information content (AvgIpc) is 3.22. The molecule has 2 aliphatic heterocycles. The van der Waals surface area contributed by atoms with Gasteiger partial charge < -0.3 is 19.3 Å². The number of hydrogen-bond acceptors (Lipinski definition) is 9. The Balaban J connectivity index is 2.30. The number of hydrogen-bond donors (Lipinski definition) is 1. The van der Waals surface area contributed by atoms with E-state index >= 15 is 0 Å². The Morgan fingerprint density at radius 1 is 1.07 bits per heavy atom. The number of aromatic nitrogens is 2. The van der Waals surface area contributed by atoms with Gasteiger partial charge in [-0.3, -0.25) is 13.9 Å². The lowest BCUT2D eigenvalue weighted by Gasteiger charge is -2.43. The van der Waals surface area contributed by atoms with Crippen molar-refractivity contribution in [3.8, 4) is 0 Å². The van der Waals surface area contributed by atoms with E-state index in [4.69, 9.17) is 23.5 Å². The second-order valence-electron chi connectivity index (χ2n) is 14.0. The van der Waals surface area contributed by atoms with Crippen LogP contribution in [-0.4, -0.2) is 63.9 Å². The molecular formula is C26H46BrN3O8SSi2. The van der Waals surface area contributed by atoms with Gasteiger partial charge >= 0.3 is 5.69 Å². The smallest absolute Gasteiger partial charge is 0.333 e. The van der Waals surface area contributed by atoms with E-state index in [0.717, 1.165) is 9.98 Å². The highest BCUT2D eigenvalue weighted by atomic mass is 79.9. The van der Waals surface area contributed by atoms with Gasteiger partial charge in [-0.05, 0) is 43.2 Å². The number of ether oxygens (including phenoxy) is 1. The molecule has 0 bridgehead atoms. The highest BCUT2D eigenvalue weighted by Crippen LogP contribution is 2.52. The molecular weight excluding hydrogens is 650 g/mol. The van der Waals surface area contributed by atoms with E-state index in [-0.39, 0.29) is 28.9 Å². The molecule has 1 spiro atoms. The molecule has 0 aromatic carbocycles. The number of aryl methyl sites for hydroxylation is 1. The van der Waals surface area contributed by atoms with Crippen molar-refractivity contribution in [3.63, 3.8) is 0 Å². The minimum absolute atomic E-state index is 0.0385. The Bertz CT molecular complexity index is 1430. The highest BCUT2D eigenvalue weighted by molar-refractivity contribution is 9.09. The van der Waals surface area contributed by atoms with Crippen molar-refractivity contribution in [2.24, 2.45) is 5.73 Å². The monoisotopic (exact) mass is 695 g/mol. The number of nitrogens with two attached hydrogens (primary N) is 1. The van der Waals surface area contributed by atoms with E-state index in [0.29, 0.717) is 10.9 Å². The van der Waals surface area contributed by atoms with E-state index in [9.17, 15) is 18.0 Å². The molecule has 0 radical (unpaired) electrons. The first-order valence-corrected chi connectivity index (χ1v) is 22.1. The number of alkyl halides is 1. The lowest BCUT2D eigenvalue weighted by atomic mass is 9.89. The van der Waals surface area contributed by atoms with Crippen LogP contribution in [0.2, 0.25) is 36.3 Å². The predicted molar refractivity (Wildman–Crippen MR) is 168 cm³/mol. The first-order chi connectivity index (χ1) is 18.4. The van der Waals surface area contributed by atoms with Crippen LogP contribution in [0.25, 0.3) is 0 Å². The van der Waals surface area contributed by atoms with E-state index in [2.05, 4.69) is 49.8 Å². The maximum atomic E-state index is 13.7. The minimum atomic E-state index is -4.20. The van der Waals surface area contributed by atoms with E-state index in [1.54, 1.807) is 6.92 Å². The summed E-state index contributed by atoms with van der Waals surface area (Å²) >= 11 is 3.31. The zero-order chi connectivity index (χ0) is 31.6. The van der Waals surface area contributed by atoms with Gasteiger partial charge in [-0.2, -0.15) is 8.42 Å². The Labute approximate surface area is 253 Å². The third-order valence-corrected chi connectivity index (χ3v) is 19.4. The van der Waals surface area contributed by atoms with Crippen LogP contribution in [0.15, 0.2) is 26.9 Å². The minimum Gasteiger partial charge on any atom is -0.414 e. The van der Waals surface area contributed by atoms with Crippen molar-refractivity contribution >= 4 is 42.7 Å². The fraction of sp³-hybridized carbons (Fsp3) is 0.769. The van der Waals surface area contributed by atoms with Crippen LogP contribution >= 0.6 is 15.9 Å². The highest BCUT2D eigenvalue weighted by Gasteiger charge is 2.67. The summed E-state index contributed by atoms with van der Waals surface area (Å²) in [5, 5.41) is 0.837. The molecule has 1 saturated heterocycles. The summed E-state index contributed by atoms with van der Waals surface area (Å²) in [6.07, 6.45) is -1.91. The van der Waals surface area contributed by atoms with Gasteiger partial charge in [0.05, 0.1) is 17.7 Å². The molecule has 3 heterocycles. The Hall–Kier alpha value is -1.08. The summed E-state index contributed by atoms with van der Waals surface area (Å²) < 4.78 is 54.1. The SMILES string of the molecule is Cc1cn([C@@H]2OC(CO[Si](C)(C)C(C)(C)C)C3(OS(=O)(=O)C=C3N)[C@H]2O[Si](C)(C)C(C)(C)C)c(=O)n(CCBr)c1=O. The zero-order valence-electron chi connectivity index (χ0n) is 26.0. The van der Waals surface area contributed by atoms with Crippen molar-refractivity contribution in [2.45, 2.75) is 115 Å². The lowest BCUT2D eigenvalue weighted by molar-refractivity contribution is -0.0567.